The molecule has 0 aliphatic rings. The van der Waals surface area contributed by atoms with Gasteiger partial charge in [0.05, 0.1) is 12.2 Å². The highest BCUT2D eigenvalue weighted by molar-refractivity contribution is 14.0. The van der Waals surface area contributed by atoms with Crippen LogP contribution in [0.25, 0.3) is 11.5 Å². The zero-order valence-corrected chi connectivity index (χ0v) is 18.9. The van der Waals surface area contributed by atoms with Crippen molar-refractivity contribution >= 4 is 41.3 Å². The summed E-state index contributed by atoms with van der Waals surface area (Å²) in [5.74, 6) is 1.83. The number of benzene rings is 1. The molecule has 0 aliphatic heterocycles. The van der Waals surface area contributed by atoms with E-state index in [1.54, 1.807) is 24.6 Å². The summed E-state index contributed by atoms with van der Waals surface area (Å²) < 4.78 is 5.59. The predicted molar refractivity (Wildman–Crippen MR) is 123 cm³/mol. The summed E-state index contributed by atoms with van der Waals surface area (Å²) in [4.78, 5) is 10.2. The number of aliphatic imine (C=N–C) groups is 1. The molecule has 0 radical (unpaired) electrons. The highest BCUT2D eigenvalue weighted by atomic mass is 127. The lowest BCUT2D eigenvalue weighted by Crippen LogP contribution is -2.38. The highest BCUT2D eigenvalue weighted by Crippen LogP contribution is 2.20. The number of aromatic nitrogens is 1. The Labute approximate surface area is 181 Å². The summed E-state index contributed by atoms with van der Waals surface area (Å²) in [6, 6.07) is 12.4. The molecule has 2 N–H and O–H groups in total. The van der Waals surface area contributed by atoms with Crippen LogP contribution < -0.4 is 10.6 Å². The molecule has 2 heterocycles. The molecule has 0 amide bonds. The van der Waals surface area contributed by atoms with Crippen LogP contribution in [0.15, 0.2) is 57.5 Å². The van der Waals surface area contributed by atoms with Crippen LogP contribution >= 0.6 is 35.3 Å². The Morgan fingerprint density at radius 2 is 2.00 bits per heavy atom. The number of nitrogens with zero attached hydrogens (tertiary/aromatic N) is 2. The highest BCUT2D eigenvalue weighted by Gasteiger charge is 2.09. The molecular weight excluding hydrogens is 471 g/mol. The number of nitrogens with one attached hydrogen (secondary N) is 2. The lowest BCUT2D eigenvalue weighted by molar-refractivity contribution is 0.572. The minimum atomic E-state index is 0. The third-order valence-corrected chi connectivity index (χ3v) is 5.22. The SMILES string of the molecule is CN=C(NCc1coc(-c2ccc(C)cc2)n1)NCC(C)c1cccs1.I. The van der Waals surface area contributed by atoms with Gasteiger partial charge < -0.3 is 15.1 Å². The molecule has 7 heteroatoms. The lowest BCUT2D eigenvalue weighted by Gasteiger charge is -2.14. The molecule has 3 rings (SSSR count). The van der Waals surface area contributed by atoms with E-state index in [2.05, 4.69) is 64.1 Å². The second kappa shape index (κ2) is 10.5. The number of hydrogen-bond acceptors (Lipinski definition) is 4. The molecule has 2 aromatic heterocycles. The number of hydrogen-bond donors (Lipinski definition) is 2. The van der Waals surface area contributed by atoms with Gasteiger partial charge in [-0.15, -0.1) is 35.3 Å². The van der Waals surface area contributed by atoms with Gasteiger partial charge >= 0.3 is 0 Å². The Hall–Kier alpha value is -1.87. The van der Waals surface area contributed by atoms with Crippen LogP contribution in [0, 0.1) is 6.92 Å². The van der Waals surface area contributed by atoms with Gasteiger partial charge in [0.15, 0.2) is 5.96 Å². The van der Waals surface area contributed by atoms with E-state index in [-0.39, 0.29) is 24.0 Å². The van der Waals surface area contributed by atoms with Crippen molar-refractivity contribution in [1.29, 1.82) is 0 Å². The average molecular weight is 496 g/mol. The van der Waals surface area contributed by atoms with Gasteiger partial charge in [-0.05, 0) is 30.5 Å². The Morgan fingerprint density at radius 1 is 1.22 bits per heavy atom. The van der Waals surface area contributed by atoms with Gasteiger partial charge in [-0.25, -0.2) is 4.98 Å². The zero-order valence-electron chi connectivity index (χ0n) is 15.7. The quantitative estimate of drug-likeness (QED) is 0.293. The summed E-state index contributed by atoms with van der Waals surface area (Å²) in [5, 5.41) is 8.75. The molecule has 27 heavy (non-hydrogen) atoms. The Kier molecular flexibility index (Phi) is 8.30. The number of guanidine groups is 1. The van der Waals surface area contributed by atoms with E-state index in [1.165, 1.54) is 10.4 Å². The fraction of sp³-hybridized carbons (Fsp3) is 0.300. The molecule has 0 fully saturated rings. The third kappa shape index (κ3) is 6.07. The Morgan fingerprint density at radius 3 is 2.67 bits per heavy atom. The monoisotopic (exact) mass is 496 g/mol. The molecular formula is C20H25IN4OS. The average Bonchev–Trinajstić information content (AvgIpc) is 3.34. The molecule has 1 atom stereocenters. The van der Waals surface area contributed by atoms with Gasteiger partial charge in [0.1, 0.15) is 6.26 Å². The fourth-order valence-electron chi connectivity index (χ4n) is 2.53. The van der Waals surface area contributed by atoms with Gasteiger partial charge in [0, 0.05) is 30.0 Å². The first-order valence-corrected chi connectivity index (χ1v) is 9.53. The fourth-order valence-corrected chi connectivity index (χ4v) is 3.32. The summed E-state index contributed by atoms with van der Waals surface area (Å²) >= 11 is 1.78. The van der Waals surface area contributed by atoms with Gasteiger partial charge in [-0.1, -0.05) is 30.7 Å². The smallest absolute Gasteiger partial charge is 0.226 e. The molecule has 0 bridgehead atoms. The Balaban J connectivity index is 0.00000261. The van der Waals surface area contributed by atoms with Gasteiger partial charge in [-0.2, -0.15) is 0 Å². The number of oxazole rings is 1. The van der Waals surface area contributed by atoms with Crippen molar-refractivity contribution in [1.82, 2.24) is 15.6 Å². The van der Waals surface area contributed by atoms with E-state index in [9.17, 15) is 0 Å². The summed E-state index contributed by atoms with van der Waals surface area (Å²) in [6.07, 6.45) is 1.68. The van der Waals surface area contributed by atoms with Gasteiger partial charge in [0.2, 0.25) is 5.89 Å². The van der Waals surface area contributed by atoms with Crippen molar-refractivity contribution in [2.24, 2.45) is 4.99 Å². The van der Waals surface area contributed by atoms with Crippen molar-refractivity contribution in [3.8, 4) is 11.5 Å². The van der Waals surface area contributed by atoms with Crippen LogP contribution in [0.4, 0.5) is 0 Å². The maximum absolute atomic E-state index is 5.59. The summed E-state index contributed by atoms with van der Waals surface area (Å²) in [5.41, 5.74) is 3.04. The number of thiophene rings is 1. The number of rotatable bonds is 6. The summed E-state index contributed by atoms with van der Waals surface area (Å²) in [6.45, 7) is 5.65. The number of aryl methyl sites for hydroxylation is 1. The molecule has 144 valence electrons. The van der Waals surface area contributed by atoms with E-state index in [4.69, 9.17) is 4.42 Å². The van der Waals surface area contributed by atoms with Crippen molar-refractivity contribution in [3.63, 3.8) is 0 Å². The first-order valence-electron chi connectivity index (χ1n) is 8.65. The number of halogens is 1. The van der Waals surface area contributed by atoms with E-state index in [0.717, 1.165) is 23.8 Å². The second-order valence-electron chi connectivity index (χ2n) is 6.23. The summed E-state index contributed by atoms with van der Waals surface area (Å²) in [7, 11) is 1.77. The van der Waals surface area contributed by atoms with E-state index in [1.807, 2.05) is 12.1 Å². The molecule has 1 unspecified atom stereocenters. The van der Waals surface area contributed by atoms with E-state index in [0.29, 0.717) is 18.4 Å². The molecule has 1 aromatic carbocycles. The van der Waals surface area contributed by atoms with Crippen LogP contribution in [0.1, 0.15) is 29.0 Å². The van der Waals surface area contributed by atoms with Crippen molar-refractivity contribution in [2.45, 2.75) is 26.3 Å². The van der Waals surface area contributed by atoms with Gasteiger partial charge in [0.25, 0.3) is 0 Å². The van der Waals surface area contributed by atoms with Crippen molar-refractivity contribution in [2.75, 3.05) is 13.6 Å². The van der Waals surface area contributed by atoms with Crippen LogP contribution in [-0.2, 0) is 6.54 Å². The van der Waals surface area contributed by atoms with Crippen LogP contribution in [0.3, 0.4) is 0 Å². The molecule has 0 spiro atoms. The molecule has 0 saturated heterocycles. The van der Waals surface area contributed by atoms with E-state index < -0.39 is 0 Å². The predicted octanol–water partition coefficient (Wildman–Crippen LogP) is 4.80. The van der Waals surface area contributed by atoms with Crippen molar-refractivity contribution < 1.29 is 4.42 Å². The zero-order chi connectivity index (χ0) is 18.4. The first kappa shape index (κ1) is 21.4. The standard InChI is InChI=1S/C20H24N4OS.HI/c1-14-6-8-16(9-7-14)19-24-17(13-25-19)12-23-20(21-3)22-11-15(2)18-5-4-10-26-18;/h4-10,13,15H,11-12H2,1-3H3,(H2,21,22,23);1H. The second-order valence-corrected chi connectivity index (χ2v) is 7.21. The van der Waals surface area contributed by atoms with Crippen LogP contribution in [-0.4, -0.2) is 24.5 Å². The van der Waals surface area contributed by atoms with E-state index >= 15 is 0 Å². The molecule has 5 nitrogen and oxygen atoms in total. The normalized spacial score (nSPS) is 12.3. The largest absolute Gasteiger partial charge is 0.444 e. The maximum atomic E-state index is 5.59. The van der Waals surface area contributed by atoms with Crippen LogP contribution in [0.2, 0.25) is 0 Å². The molecule has 0 aliphatic carbocycles. The maximum Gasteiger partial charge on any atom is 0.226 e. The minimum absolute atomic E-state index is 0. The topological polar surface area (TPSA) is 62.5 Å². The van der Waals surface area contributed by atoms with Gasteiger partial charge in [-0.3, -0.25) is 4.99 Å². The Bertz CT molecular complexity index is 843. The molecule has 0 saturated carbocycles. The minimum Gasteiger partial charge on any atom is -0.444 e. The first-order chi connectivity index (χ1) is 12.7. The molecule has 3 aromatic rings. The van der Waals surface area contributed by atoms with Crippen LogP contribution in [0.5, 0.6) is 0 Å². The lowest BCUT2D eigenvalue weighted by atomic mass is 10.1. The van der Waals surface area contributed by atoms with Crippen molar-refractivity contribution in [3.05, 3.63) is 64.2 Å². The third-order valence-electron chi connectivity index (χ3n) is 4.12.